The monoisotopic (exact) mass is 492 g/mol. The molecule has 188 valence electrons. The molecule has 3 heterocycles. The molecule has 0 bridgehead atoms. The van der Waals surface area contributed by atoms with E-state index in [0.717, 1.165) is 59.7 Å². The van der Waals surface area contributed by atoms with Gasteiger partial charge in [-0.15, -0.1) is 0 Å². The first-order valence-electron chi connectivity index (χ1n) is 12.7. The van der Waals surface area contributed by atoms with Gasteiger partial charge in [0.2, 0.25) is 0 Å². The number of aromatic nitrogens is 5. The number of nitrogen functional groups attached to an aromatic ring is 1. The van der Waals surface area contributed by atoms with E-state index in [1.165, 1.54) is 0 Å². The number of pyridine rings is 1. The summed E-state index contributed by atoms with van der Waals surface area (Å²) >= 11 is 0. The van der Waals surface area contributed by atoms with Gasteiger partial charge in [-0.3, -0.25) is 10.0 Å². The summed E-state index contributed by atoms with van der Waals surface area (Å²) in [7, 11) is 0. The predicted molar refractivity (Wildman–Crippen MR) is 150 cm³/mol. The van der Waals surface area contributed by atoms with Crippen LogP contribution in [0.3, 0.4) is 0 Å². The quantitative estimate of drug-likeness (QED) is 0.267. The molecule has 0 saturated heterocycles. The van der Waals surface area contributed by atoms with Gasteiger partial charge in [0.15, 0.2) is 0 Å². The van der Waals surface area contributed by atoms with Gasteiger partial charge >= 0.3 is 0 Å². The van der Waals surface area contributed by atoms with E-state index in [4.69, 9.17) is 10.7 Å². The molecule has 37 heavy (non-hydrogen) atoms. The minimum absolute atomic E-state index is 0.463. The van der Waals surface area contributed by atoms with E-state index < -0.39 is 0 Å². The molecular formula is C29H32N8. The van der Waals surface area contributed by atoms with Gasteiger partial charge in [-0.2, -0.15) is 0 Å². The number of nitrogens with two attached hydrogens (primary N) is 1. The van der Waals surface area contributed by atoms with Crippen molar-refractivity contribution in [2.45, 2.75) is 26.7 Å². The number of para-hydroxylation sites is 1. The van der Waals surface area contributed by atoms with Crippen molar-refractivity contribution in [2.24, 2.45) is 0 Å². The maximum Gasteiger partial charge on any atom is 0.126 e. The average Bonchev–Trinajstić information content (AvgIpc) is 3.66. The first-order chi connectivity index (χ1) is 18.2. The Balaban J connectivity index is 1.79. The van der Waals surface area contributed by atoms with Crippen molar-refractivity contribution >= 4 is 17.2 Å². The number of hydrogen-bond donors (Lipinski definition) is 1. The Morgan fingerprint density at radius 3 is 1.95 bits per heavy atom. The highest BCUT2D eigenvalue weighted by Crippen LogP contribution is 2.43. The standard InChI is InChI=1S/C29H32N8/c1-3-16-36(34-18-14-31-21-34)25-13-9-8-12-24(25)29-28(23-10-6-5-7-11-23)26(20-27(30)33-29)37(17-4-2)35-19-15-32-22-35/h5-15,18-22H,3-4,16-17H2,1-2H3,(H2,30,33). The minimum atomic E-state index is 0.463. The van der Waals surface area contributed by atoms with Gasteiger partial charge in [0.1, 0.15) is 18.5 Å². The molecule has 0 aliphatic heterocycles. The molecule has 0 aliphatic carbocycles. The Hall–Kier alpha value is -4.59. The Morgan fingerprint density at radius 1 is 0.757 bits per heavy atom. The second kappa shape index (κ2) is 11.0. The number of hydrogen-bond acceptors (Lipinski definition) is 6. The zero-order chi connectivity index (χ0) is 25.6. The summed E-state index contributed by atoms with van der Waals surface area (Å²) in [5.74, 6) is 0.463. The average molecular weight is 493 g/mol. The Morgan fingerprint density at radius 2 is 1.35 bits per heavy atom. The van der Waals surface area contributed by atoms with Gasteiger partial charge in [-0.05, 0) is 24.5 Å². The van der Waals surface area contributed by atoms with E-state index in [9.17, 15) is 0 Å². The van der Waals surface area contributed by atoms with Crippen LogP contribution in [0.5, 0.6) is 0 Å². The minimum Gasteiger partial charge on any atom is -0.384 e. The van der Waals surface area contributed by atoms with Crippen LogP contribution in [-0.2, 0) is 0 Å². The second-order valence-corrected chi connectivity index (χ2v) is 8.80. The van der Waals surface area contributed by atoms with Gasteiger partial charge in [0, 0.05) is 55.1 Å². The molecule has 5 aromatic rings. The fourth-order valence-electron chi connectivity index (χ4n) is 4.67. The lowest BCUT2D eigenvalue weighted by Gasteiger charge is -2.30. The largest absolute Gasteiger partial charge is 0.384 e. The maximum atomic E-state index is 6.52. The number of benzene rings is 2. The molecular weight excluding hydrogens is 460 g/mol. The van der Waals surface area contributed by atoms with E-state index in [2.05, 4.69) is 82.4 Å². The number of imidazole rings is 2. The molecule has 2 N–H and O–H groups in total. The second-order valence-electron chi connectivity index (χ2n) is 8.80. The third kappa shape index (κ3) is 4.91. The van der Waals surface area contributed by atoms with Gasteiger partial charge in [0.05, 0.1) is 17.1 Å². The highest BCUT2D eigenvalue weighted by Gasteiger charge is 2.24. The van der Waals surface area contributed by atoms with Crippen LogP contribution in [-0.4, -0.2) is 37.4 Å². The van der Waals surface area contributed by atoms with Crippen LogP contribution in [0.2, 0.25) is 0 Å². The number of anilines is 3. The van der Waals surface area contributed by atoms with Crippen molar-refractivity contribution < 1.29 is 0 Å². The van der Waals surface area contributed by atoms with E-state index >= 15 is 0 Å². The molecule has 0 aliphatic rings. The molecule has 3 aromatic heterocycles. The van der Waals surface area contributed by atoms with Crippen LogP contribution >= 0.6 is 0 Å². The van der Waals surface area contributed by atoms with Gasteiger partial charge < -0.3 is 5.73 Å². The topological polar surface area (TPSA) is 81.0 Å². The highest BCUT2D eigenvalue weighted by atomic mass is 15.6. The third-order valence-corrected chi connectivity index (χ3v) is 6.21. The van der Waals surface area contributed by atoms with Gasteiger partial charge in [-0.1, -0.05) is 62.4 Å². The molecule has 0 unspecified atom stereocenters. The predicted octanol–water partition coefficient (Wildman–Crippen LogP) is 5.75. The van der Waals surface area contributed by atoms with Crippen molar-refractivity contribution in [2.75, 3.05) is 28.8 Å². The highest BCUT2D eigenvalue weighted by molar-refractivity contribution is 5.95. The normalized spacial score (nSPS) is 11.0. The van der Waals surface area contributed by atoms with Crippen molar-refractivity contribution in [3.05, 3.63) is 98.1 Å². The molecule has 0 atom stereocenters. The lowest BCUT2D eigenvalue weighted by molar-refractivity contribution is 0.674. The Labute approximate surface area is 217 Å². The van der Waals surface area contributed by atoms with Crippen molar-refractivity contribution in [3.63, 3.8) is 0 Å². The summed E-state index contributed by atoms with van der Waals surface area (Å²) in [5, 5.41) is 4.43. The van der Waals surface area contributed by atoms with Crippen LogP contribution in [0.25, 0.3) is 22.4 Å². The zero-order valence-corrected chi connectivity index (χ0v) is 21.3. The first kappa shape index (κ1) is 24.1. The molecule has 5 rings (SSSR count). The third-order valence-electron chi connectivity index (χ3n) is 6.21. The molecule has 8 nitrogen and oxygen atoms in total. The molecule has 8 heteroatoms. The first-order valence-corrected chi connectivity index (χ1v) is 12.7. The van der Waals surface area contributed by atoms with E-state index in [1.54, 1.807) is 12.4 Å². The maximum absolute atomic E-state index is 6.52. The van der Waals surface area contributed by atoms with Crippen LogP contribution in [0.1, 0.15) is 26.7 Å². The van der Waals surface area contributed by atoms with Crippen molar-refractivity contribution in [1.82, 2.24) is 24.3 Å². The van der Waals surface area contributed by atoms with Crippen LogP contribution in [0.4, 0.5) is 17.2 Å². The molecule has 0 saturated carbocycles. The smallest absolute Gasteiger partial charge is 0.126 e. The van der Waals surface area contributed by atoms with Crippen LogP contribution < -0.4 is 15.8 Å². The van der Waals surface area contributed by atoms with Crippen LogP contribution in [0, 0.1) is 0 Å². The Kier molecular flexibility index (Phi) is 7.16. The molecule has 2 aromatic carbocycles. The van der Waals surface area contributed by atoms with Gasteiger partial charge in [0.25, 0.3) is 0 Å². The van der Waals surface area contributed by atoms with Crippen molar-refractivity contribution in [1.29, 1.82) is 0 Å². The summed E-state index contributed by atoms with van der Waals surface area (Å²) in [6, 6.07) is 20.7. The van der Waals surface area contributed by atoms with E-state index in [-0.39, 0.29) is 0 Å². The van der Waals surface area contributed by atoms with Gasteiger partial charge in [-0.25, -0.2) is 24.3 Å². The summed E-state index contributed by atoms with van der Waals surface area (Å²) in [4.78, 5) is 13.6. The van der Waals surface area contributed by atoms with E-state index in [1.807, 2.05) is 46.5 Å². The lowest BCUT2D eigenvalue weighted by atomic mass is 9.96. The SMILES string of the molecule is CCCN(c1ccccc1-c1nc(N)cc(N(CCC)n2ccnc2)c1-c1ccccc1)n1ccnc1. The Bertz CT molecular complexity index is 1410. The summed E-state index contributed by atoms with van der Waals surface area (Å²) in [6.07, 6.45) is 13.1. The lowest BCUT2D eigenvalue weighted by Crippen LogP contribution is -2.30. The summed E-state index contributed by atoms with van der Waals surface area (Å²) in [6.45, 7) is 5.95. The molecule has 0 amide bonds. The number of nitrogens with zero attached hydrogens (tertiary/aromatic N) is 7. The summed E-state index contributed by atoms with van der Waals surface area (Å²) < 4.78 is 4.03. The van der Waals surface area contributed by atoms with E-state index in [0.29, 0.717) is 5.82 Å². The fraction of sp³-hybridized carbons (Fsp3) is 0.207. The molecule has 0 spiro atoms. The molecule has 0 fully saturated rings. The van der Waals surface area contributed by atoms with Crippen molar-refractivity contribution in [3.8, 4) is 22.4 Å². The zero-order valence-electron chi connectivity index (χ0n) is 21.3. The molecule has 0 radical (unpaired) electrons. The summed E-state index contributed by atoms with van der Waals surface area (Å²) in [5.41, 5.74) is 12.5. The van der Waals surface area contributed by atoms with Crippen LogP contribution in [0.15, 0.2) is 98.1 Å². The fourth-order valence-corrected chi connectivity index (χ4v) is 4.67. The number of rotatable bonds is 10.